The van der Waals surface area contributed by atoms with Crippen LogP contribution in [-0.4, -0.2) is 25.1 Å². The number of carbonyl (C=O) groups is 1. The SMILES string of the molecule is CON(C)C(=O)c1cc(Br)ccc1Nc1cccc(C(F)(F)F)c1. The van der Waals surface area contributed by atoms with E-state index in [0.29, 0.717) is 10.2 Å². The van der Waals surface area contributed by atoms with E-state index >= 15 is 0 Å². The second-order valence-electron chi connectivity index (χ2n) is 4.88. The molecule has 1 N–H and O–H groups in total. The van der Waals surface area contributed by atoms with E-state index < -0.39 is 17.6 Å². The molecule has 0 aliphatic rings. The predicted molar refractivity (Wildman–Crippen MR) is 88.0 cm³/mol. The van der Waals surface area contributed by atoms with Crippen LogP contribution in [0.5, 0.6) is 0 Å². The molecule has 0 saturated carbocycles. The highest BCUT2D eigenvalue weighted by Crippen LogP contribution is 2.32. The molecule has 24 heavy (non-hydrogen) atoms. The Kier molecular flexibility index (Phi) is 5.51. The smallest absolute Gasteiger partial charge is 0.355 e. The van der Waals surface area contributed by atoms with Gasteiger partial charge < -0.3 is 5.32 Å². The summed E-state index contributed by atoms with van der Waals surface area (Å²) in [5.41, 5.74) is 0.0744. The minimum atomic E-state index is -4.44. The monoisotopic (exact) mass is 402 g/mol. The van der Waals surface area contributed by atoms with Gasteiger partial charge in [0, 0.05) is 17.2 Å². The molecule has 0 aromatic heterocycles. The minimum absolute atomic E-state index is 0.223. The third-order valence-corrected chi connectivity index (χ3v) is 3.73. The number of carbonyl (C=O) groups excluding carboxylic acids is 1. The number of hydrogen-bond donors (Lipinski definition) is 1. The first-order valence-corrected chi connectivity index (χ1v) is 7.57. The summed E-state index contributed by atoms with van der Waals surface area (Å²) in [7, 11) is 2.78. The highest BCUT2D eigenvalue weighted by atomic mass is 79.9. The first-order valence-electron chi connectivity index (χ1n) is 6.78. The molecule has 0 atom stereocenters. The molecule has 1 amide bonds. The Hall–Kier alpha value is -2.06. The van der Waals surface area contributed by atoms with Crippen molar-refractivity contribution < 1.29 is 22.8 Å². The van der Waals surface area contributed by atoms with Crippen molar-refractivity contribution in [3.05, 3.63) is 58.1 Å². The van der Waals surface area contributed by atoms with Crippen molar-refractivity contribution in [3.8, 4) is 0 Å². The van der Waals surface area contributed by atoms with Crippen LogP contribution >= 0.6 is 15.9 Å². The lowest BCUT2D eigenvalue weighted by Gasteiger charge is -2.18. The van der Waals surface area contributed by atoms with Crippen LogP contribution in [0.2, 0.25) is 0 Å². The van der Waals surface area contributed by atoms with Gasteiger partial charge in [-0.15, -0.1) is 0 Å². The standard InChI is InChI=1S/C16H14BrF3N2O2/c1-22(24-2)15(23)13-9-11(17)6-7-14(13)21-12-5-3-4-10(8-12)16(18,19)20/h3-9,21H,1-2H3. The number of nitrogens with zero attached hydrogens (tertiary/aromatic N) is 1. The largest absolute Gasteiger partial charge is 0.416 e. The Balaban J connectivity index is 2.38. The Morgan fingerprint density at radius 1 is 1.21 bits per heavy atom. The van der Waals surface area contributed by atoms with Crippen LogP contribution < -0.4 is 5.32 Å². The fourth-order valence-electron chi connectivity index (χ4n) is 1.98. The fraction of sp³-hybridized carbons (Fsp3) is 0.188. The van der Waals surface area contributed by atoms with E-state index in [2.05, 4.69) is 21.2 Å². The molecule has 2 rings (SSSR count). The van der Waals surface area contributed by atoms with E-state index in [1.165, 1.54) is 26.3 Å². The van der Waals surface area contributed by atoms with Crippen LogP contribution in [0.3, 0.4) is 0 Å². The van der Waals surface area contributed by atoms with Gasteiger partial charge in [-0.05, 0) is 36.4 Å². The molecule has 0 saturated heterocycles. The third kappa shape index (κ3) is 4.27. The number of hydroxylamine groups is 2. The van der Waals surface area contributed by atoms with Gasteiger partial charge in [0.1, 0.15) is 0 Å². The van der Waals surface area contributed by atoms with Gasteiger partial charge in [0.2, 0.25) is 0 Å². The van der Waals surface area contributed by atoms with Crippen molar-refractivity contribution in [2.45, 2.75) is 6.18 Å². The van der Waals surface area contributed by atoms with Crippen LogP contribution in [0.1, 0.15) is 15.9 Å². The molecule has 0 unspecified atom stereocenters. The number of hydrogen-bond acceptors (Lipinski definition) is 3. The summed E-state index contributed by atoms with van der Waals surface area (Å²) in [6.45, 7) is 0. The van der Waals surface area contributed by atoms with Gasteiger partial charge in [0.05, 0.1) is 23.9 Å². The summed E-state index contributed by atoms with van der Waals surface area (Å²) in [5.74, 6) is -0.437. The maximum absolute atomic E-state index is 12.8. The third-order valence-electron chi connectivity index (χ3n) is 3.24. The number of benzene rings is 2. The Labute approximate surface area is 145 Å². The Morgan fingerprint density at radius 2 is 1.92 bits per heavy atom. The summed E-state index contributed by atoms with van der Waals surface area (Å²) in [4.78, 5) is 17.2. The molecule has 0 bridgehead atoms. The van der Waals surface area contributed by atoms with Crippen molar-refractivity contribution in [1.29, 1.82) is 0 Å². The van der Waals surface area contributed by atoms with E-state index in [-0.39, 0.29) is 11.3 Å². The molecule has 0 radical (unpaired) electrons. The minimum Gasteiger partial charge on any atom is -0.355 e. The summed E-state index contributed by atoms with van der Waals surface area (Å²) in [5, 5.41) is 3.88. The number of anilines is 2. The summed E-state index contributed by atoms with van der Waals surface area (Å²) in [6.07, 6.45) is -4.44. The number of rotatable bonds is 4. The lowest BCUT2D eigenvalue weighted by atomic mass is 10.1. The zero-order valence-electron chi connectivity index (χ0n) is 12.8. The average Bonchev–Trinajstić information content (AvgIpc) is 2.54. The first kappa shape index (κ1) is 18.3. The number of amides is 1. The number of alkyl halides is 3. The lowest BCUT2D eigenvalue weighted by molar-refractivity contribution is -0.137. The zero-order chi connectivity index (χ0) is 17.9. The van der Waals surface area contributed by atoms with Gasteiger partial charge in [-0.3, -0.25) is 9.63 Å². The molecular formula is C16H14BrF3N2O2. The van der Waals surface area contributed by atoms with E-state index in [1.807, 2.05) is 0 Å². The van der Waals surface area contributed by atoms with Gasteiger partial charge >= 0.3 is 6.18 Å². The molecule has 4 nitrogen and oxygen atoms in total. The van der Waals surface area contributed by atoms with Crippen molar-refractivity contribution in [2.24, 2.45) is 0 Å². The molecule has 0 aliphatic carbocycles. The van der Waals surface area contributed by atoms with Crippen LogP contribution in [0, 0.1) is 0 Å². The molecule has 8 heteroatoms. The molecule has 2 aromatic rings. The Bertz CT molecular complexity index is 750. The van der Waals surface area contributed by atoms with Gasteiger partial charge in [-0.2, -0.15) is 13.2 Å². The molecule has 0 fully saturated rings. The molecule has 128 valence electrons. The van der Waals surface area contributed by atoms with Gasteiger partial charge in [0.15, 0.2) is 0 Å². The van der Waals surface area contributed by atoms with Crippen molar-refractivity contribution >= 4 is 33.2 Å². The Morgan fingerprint density at radius 3 is 2.54 bits per heavy atom. The molecule has 2 aromatic carbocycles. The van der Waals surface area contributed by atoms with Crippen molar-refractivity contribution in [1.82, 2.24) is 5.06 Å². The van der Waals surface area contributed by atoms with Crippen molar-refractivity contribution in [3.63, 3.8) is 0 Å². The predicted octanol–water partition coefficient (Wildman–Crippen LogP) is 4.84. The fourth-order valence-corrected chi connectivity index (χ4v) is 2.34. The van der Waals surface area contributed by atoms with Gasteiger partial charge in [-0.1, -0.05) is 22.0 Å². The number of nitrogens with one attached hydrogen (secondary N) is 1. The van der Waals surface area contributed by atoms with Crippen molar-refractivity contribution in [2.75, 3.05) is 19.5 Å². The summed E-state index contributed by atoms with van der Waals surface area (Å²) in [6, 6.07) is 9.60. The highest BCUT2D eigenvalue weighted by Gasteiger charge is 2.30. The molecule has 0 heterocycles. The quantitative estimate of drug-likeness (QED) is 0.743. The van der Waals surface area contributed by atoms with E-state index in [4.69, 9.17) is 4.84 Å². The topological polar surface area (TPSA) is 41.6 Å². The second-order valence-corrected chi connectivity index (χ2v) is 5.79. The van der Waals surface area contributed by atoms with Crippen LogP contribution in [0.25, 0.3) is 0 Å². The lowest BCUT2D eigenvalue weighted by Crippen LogP contribution is -2.26. The second kappa shape index (κ2) is 7.23. The average molecular weight is 403 g/mol. The first-order chi connectivity index (χ1) is 11.2. The maximum Gasteiger partial charge on any atom is 0.416 e. The van der Waals surface area contributed by atoms with Gasteiger partial charge in [-0.25, -0.2) is 5.06 Å². The van der Waals surface area contributed by atoms with Crippen LogP contribution in [0.15, 0.2) is 46.9 Å². The normalized spacial score (nSPS) is 11.2. The van der Waals surface area contributed by atoms with E-state index in [1.54, 1.807) is 18.2 Å². The zero-order valence-corrected chi connectivity index (χ0v) is 14.4. The van der Waals surface area contributed by atoms with Gasteiger partial charge in [0.25, 0.3) is 5.91 Å². The molecule has 0 spiro atoms. The number of halogens is 4. The maximum atomic E-state index is 12.8. The molecular weight excluding hydrogens is 389 g/mol. The van der Waals surface area contributed by atoms with Crippen LogP contribution in [0.4, 0.5) is 24.5 Å². The molecule has 0 aliphatic heterocycles. The van der Waals surface area contributed by atoms with E-state index in [0.717, 1.165) is 17.2 Å². The van der Waals surface area contributed by atoms with Crippen LogP contribution in [-0.2, 0) is 11.0 Å². The summed E-state index contributed by atoms with van der Waals surface area (Å²) < 4.78 is 39.1. The van der Waals surface area contributed by atoms with E-state index in [9.17, 15) is 18.0 Å². The summed E-state index contributed by atoms with van der Waals surface area (Å²) >= 11 is 3.27. The highest BCUT2D eigenvalue weighted by molar-refractivity contribution is 9.10.